The van der Waals surface area contributed by atoms with E-state index in [1.807, 2.05) is 12.1 Å². The van der Waals surface area contributed by atoms with Crippen LogP contribution in [0.5, 0.6) is 0 Å². The van der Waals surface area contributed by atoms with Gasteiger partial charge in [0, 0.05) is 22.5 Å². The highest BCUT2D eigenvalue weighted by Crippen LogP contribution is 2.26. The summed E-state index contributed by atoms with van der Waals surface area (Å²) in [5.74, 6) is -1.36. The first-order chi connectivity index (χ1) is 10.3. The van der Waals surface area contributed by atoms with Gasteiger partial charge in [0.1, 0.15) is 10.7 Å². The Morgan fingerprint density at radius 3 is 2.77 bits per heavy atom. The first-order valence-corrected chi connectivity index (χ1v) is 7.78. The van der Waals surface area contributed by atoms with Gasteiger partial charge in [-0.3, -0.25) is 9.59 Å². The Kier molecular flexibility index (Phi) is 4.83. The third kappa shape index (κ3) is 3.84. The summed E-state index contributed by atoms with van der Waals surface area (Å²) >= 11 is 7.27. The summed E-state index contributed by atoms with van der Waals surface area (Å²) in [6.07, 6.45) is 0. The van der Waals surface area contributed by atoms with Crippen LogP contribution in [-0.2, 0) is 4.79 Å². The average Bonchev–Trinajstić information content (AvgIpc) is 2.94. The molecule has 1 aromatic heterocycles. The second-order valence-electron chi connectivity index (χ2n) is 5.42. The highest BCUT2D eigenvalue weighted by atomic mass is 35.5. The van der Waals surface area contributed by atoms with Crippen molar-refractivity contribution in [1.82, 2.24) is 10.3 Å². The number of amides is 1. The Labute approximate surface area is 137 Å². The second kappa shape index (κ2) is 6.46. The number of hydrogen-bond donors (Lipinski definition) is 2. The van der Waals surface area contributed by atoms with E-state index in [-0.39, 0.29) is 18.1 Å². The van der Waals surface area contributed by atoms with Crippen LogP contribution in [0.3, 0.4) is 0 Å². The minimum atomic E-state index is -1.03. The molecule has 5 nitrogen and oxygen atoms in total. The minimum absolute atomic E-state index is 0.0329. The number of halogens is 1. The van der Waals surface area contributed by atoms with Crippen LogP contribution in [0.4, 0.5) is 0 Å². The van der Waals surface area contributed by atoms with Crippen molar-refractivity contribution in [3.05, 3.63) is 40.4 Å². The minimum Gasteiger partial charge on any atom is -0.481 e. The number of hydrogen-bond acceptors (Lipinski definition) is 4. The van der Waals surface area contributed by atoms with E-state index in [9.17, 15) is 9.59 Å². The van der Waals surface area contributed by atoms with Crippen LogP contribution >= 0.6 is 22.9 Å². The number of nitrogens with zero attached hydrogens (tertiary/aromatic N) is 1. The van der Waals surface area contributed by atoms with E-state index in [0.717, 1.165) is 5.56 Å². The van der Waals surface area contributed by atoms with Crippen molar-refractivity contribution in [2.45, 2.75) is 13.8 Å². The molecular formula is C15H15ClN2O3S. The van der Waals surface area contributed by atoms with Crippen LogP contribution in [0.1, 0.15) is 24.3 Å². The summed E-state index contributed by atoms with van der Waals surface area (Å²) in [7, 11) is 0. The maximum atomic E-state index is 12.0. The molecule has 0 aliphatic heterocycles. The van der Waals surface area contributed by atoms with E-state index in [1.165, 1.54) is 11.3 Å². The fourth-order valence-corrected chi connectivity index (χ4v) is 2.59. The van der Waals surface area contributed by atoms with Gasteiger partial charge >= 0.3 is 5.97 Å². The van der Waals surface area contributed by atoms with Crippen molar-refractivity contribution in [1.29, 1.82) is 0 Å². The van der Waals surface area contributed by atoms with Crippen molar-refractivity contribution in [2.75, 3.05) is 6.54 Å². The molecule has 1 heterocycles. The molecule has 1 amide bonds. The highest BCUT2D eigenvalue weighted by Gasteiger charge is 2.28. The summed E-state index contributed by atoms with van der Waals surface area (Å²) in [4.78, 5) is 27.3. The number of carboxylic acid groups (broad SMARTS) is 1. The van der Waals surface area contributed by atoms with Gasteiger partial charge in [0.2, 0.25) is 0 Å². The monoisotopic (exact) mass is 338 g/mol. The lowest BCUT2D eigenvalue weighted by Gasteiger charge is -2.18. The van der Waals surface area contributed by atoms with Gasteiger partial charge in [0.05, 0.1) is 5.41 Å². The summed E-state index contributed by atoms with van der Waals surface area (Å²) < 4.78 is 0. The number of rotatable bonds is 5. The molecule has 2 rings (SSSR count). The number of thiazole rings is 1. The molecule has 0 aliphatic rings. The Bertz CT molecular complexity index is 712. The van der Waals surface area contributed by atoms with Crippen molar-refractivity contribution in [2.24, 2.45) is 5.41 Å². The molecule has 0 saturated carbocycles. The first kappa shape index (κ1) is 16.5. The first-order valence-electron chi connectivity index (χ1n) is 6.53. The smallest absolute Gasteiger partial charge is 0.310 e. The zero-order chi connectivity index (χ0) is 16.3. The number of nitrogens with one attached hydrogen (secondary N) is 1. The fourth-order valence-electron chi connectivity index (χ4n) is 1.60. The molecule has 0 aliphatic carbocycles. The predicted octanol–water partition coefficient (Wildman–Crippen LogP) is 3.30. The topological polar surface area (TPSA) is 79.3 Å². The molecule has 7 heteroatoms. The van der Waals surface area contributed by atoms with E-state index in [1.54, 1.807) is 31.4 Å². The molecule has 1 aromatic carbocycles. The van der Waals surface area contributed by atoms with E-state index in [4.69, 9.17) is 16.7 Å². The number of carbonyl (C=O) groups is 2. The Hall–Kier alpha value is -1.92. The van der Waals surface area contributed by atoms with Crippen LogP contribution in [0, 0.1) is 5.41 Å². The van der Waals surface area contributed by atoms with Gasteiger partial charge in [-0.25, -0.2) is 4.98 Å². The van der Waals surface area contributed by atoms with Crippen molar-refractivity contribution < 1.29 is 14.7 Å². The Morgan fingerprint density at radius 2 is 2.14 bits per heavy atom. The molecule has 2 aromatic rings. The summed E-state index contributed by atoms with van der Waals surface area (Å²) in [6, 6.07) is 7.21. The molecule has 0 atom stereocenters. The number of carboxylic acids is 1. The zero-order valence-electron chi connectivity index (χ0n) is 12.1. The standard InChI is InChI=1S/C15H15ClN2O3S/c1-15(2,14(20)21)8-17-12(19)11-7-22-13(18-11)9-4-3-5-10(16)6-9/h3-7H,8H2,1-2H3,(H,17,19)(H,20,21). The lowest BCUT2D eigenvalue weighted by atomic mass is 9.94. The van der Waals surface area contributed by atoms with Crippen LogP contribution in [0.25, 0.3) is 10.6 Å². The quantitative estimate of drug-likeness (QED) is 0.876. The van der Waals surface area contributed by atoms with Gasteiger partial charge in [0.15, 0.2) is 0 Å². The highest BCUT2D eigenvalue weighted by molar-refractivity contribution is 7.13. The molecule has 0 radical (unpaired) electrons. The number of benzene rings is 1. The van der Waals surface area contributed by atoms with E-state index in [2.05, 4.69) is 10.3 Å². The van der Waals surface area contributed by atoms with Gasteiger partial charge in [-0.05, 0) is 26.0 Å². The molecule has 0 unspecified atom stereocenters. The number of aliphatic carboxylic acids is 1. The van der Waals surface area contributed by atoms with Crippen LogP contribution in [-0.4, -0.2) is 28.5 Å². The van der Waals surface area contributed by atoms with Gasteiger partial charge in [-0.2, -0.15) is 0 Å². The molecule has 0 bridgehead atoms. The fraction of sp³-hybridized carbons (Fsp3) is 0.267. The lowest BCUT2D eigenvalue weighted by Crippen LogP contribution is -2.39. The molecule has 0 saturated heterocycles. The van der Waals surface area contributed by atoms with Gasteiger partial charge < -0.3 is 10.4 Å². The van der Waals surface area contributed by atoms with Crippen LogP contribution in [0.2, 0.25) is 5.02 Å². The molecule has 22 heavy (non-hydrogen) atoms. The van der Waals surface area contributed by atoms with Crippen LogP contribution in [0.15, 0.2) is 29.6 Å². The largest absolute Gasteiger partial charge is 0.481 e. The van der Waals surface area contributed by atoms with Gasteiger partial charge in [0.25, 0.3) is 5.91 Å². The maximum absolute atomic E-state index is 12.0. The molecular weight excluding hydrogens is 324 g/mol. The summed E-state index contributed by atoms with van der Waals surface area (Å²) in [5, 5.41) is 14.5. The third-order valence-corrected chi connectivity index (χ3v) is 4.20. The van der Waals surface area contributed by atoms with Crippen LogP contribution < -0.4 is 5.32 Å². The van der Waals surface area contributed by atoms with Crippen molar-refractivity contribution in [3.63, 3.8) is 0 Å². The summed E-state index contributed by atoms with van der Waals surface area (Å²) in [6.45, 7) is 3.13. The van der Waals surface area contributed by atoms with E-state index >= 15 is 0 Å². The van der Waals surface area contributed by atoms with E-state index < -0.39 is 11.4 Å². The second-order valence-corrected chi connectivity index (χ2v) is 6.71. The summed E-state index contributed by atoms with van der Waals surface area (Å²) in [5.41, 5.74) is 0.0742. The Balaban J connectivity index is 2.08. The van der Waals surface area contributed by atoms with Gasteiger partial charge in [-0.1, -0.05) is 23.7 Å². The molecule has 116 valence electrons. The third-order valence-electron chi connectivity index (χ3n) is 3.08. The number of aromatic nitrogens is 1. The van der Waals surface area contributed by atoms with E-state index in [0.29, 0.717) is 10.0 Å². The number of carbonyl (C=O) groups excluding carboxylic acids is 1. The Morgan fingerprint density at radius 1 is 1.41 bits per heavy atom. The van der Waals surface area contributed by atoms with Crippen molar-refractivity contribution >= 4 is 34.8 Å². The maximum Gasteiger partial charge on any atom is 0.310 e. The average molecular weight is 339 g/mol. The van der Waals surface area contributed by atoms with Gasteiger partial charge in [-0.15, -0.1) is 11.3 Å². The zero-order valence-corrected chi connectivity index (χ0v) is 13.7. The SMILES string of the molecule is CC(C)(CNC(=O)c1csc(-c2cccc(Cl)c2)n1)C(=O)O. The molecule has 2 N–H and O–H groups in total. The predicted molar refractivity (Wildman–Crippen MR) is 86.3 cm³/mol. The normalized spacial score (nSPS) is 11.2. The molecule has 0 spiro atoms. The molecule has 0 fully saturated rings. The lowest BCUT2D eigenvalue weighted by molar-refractivity contribution is -0.146. The van der Waals surface area contributed by atoms with Crippen molar-refractivity contribution in [3.8, 4) is 10.6 Å².